The normalized spacial score (nSPS) is 23.9. The molecular formula is C12H23NO4. The number of ether oxygens (including phenoxy) is 3. The Morgan fingerprint density at radius 3 is 3.00 bits per heavy atom. The first kappa shape index (κ1) is 14.4. The highest BCUT2D eigenvalue weighted by molar-refractivity contribution is 5.77. The summed E-state index contributed by atoms with van der Waals surface area (Å²) in [6.45, 7) is 4.68. The van der Waals surface area contributed by atoms with E-state index in [0.717, 1.165) is 19.4 Å². The molecule has 0 spiro atoms. The van der Waals surface area contributed by atoms with Crippen molar-refractivity contribution in [2.75, 3.05) is 40.1 Å². The number of carbonyl (C=O) groups excluding carboxylic acids is 1. The zero-order valence-corrected chi connectivity index (χ0v) is 10.7. The van der Waals surface area contributed by atoms with E-state index in [1.165, 1.54) is 0 Å². The lowest BCUT2D eigenvalue weighted by molar-refractivity contribution is -0.126. The van der Waals surface area contributed by atoms with Gasteiger partial charge >= 0.3 is 0 Å². The molecule has 0 bridgehead atoms. The number of hydrogen-bond acceptors (Lipinski definition) is 4. The third kappa shape index (κ3) is 5.48. The molecule has 0 aliphatic carbocycles. The van der Waals surface area contributed by atoms with E-state index >= 15 is 0 Å². The van der Waals surface area contributed by atoms with Crippen LogP contribution in [0, 0.1) is 5.92 Å². The van der Waals surface area contributed by atoms with Crippen LogP contribution in [-0.2, 0) is 19.0 Å². The zero-order chi connectivity index (χ0) is 12.5. The van der Waals surface area contributed by atoms with Crippen LogP contribution in [0.25, 0.3) is 0 Å². The van der Waals surface area contributed by atoms with E-state index in [4.69, 9.17) is 14.2 Å². The van der Waals surface area contributed by atoms with E-state index in [2.05, 4.69) is 12.2 Å². The van der Waals surface area contributed by atoms with Gasteiger partial charge in [0.1, 0.15) is 6.61 Å². The number of nitrogens with one attached hydrogen (secondary N) is 1. The van der Waals surface area contributed by atoms with Crippen molar-refractivity contribution in [2.45, 2.75) is 25.9 Å². The van der Waals surface area contributed by atoms with Crippen LogP contribution in [-0.4, -0.2) is 52.1 Å². The Hall–Kier alpha value is -0.650. The highest BCUT2D eigenvalue weighted by Gasteiger charge is 2.26. The van der Waals surface area contributed by atoms with Crippen molar-refractivity contribution in [3.05, 3.63) is 0 Å². The average Bonchev–Trinajstić information content (AvgIpc) is 2.79. The van der Waals surface area contributed by atoms with Gasteiger partial charge in [0.15, 0.2) is 0 Å². The van der Waals surface area contributed by atoms with E-state index in [9.17, 15) is 4.79 Å². The maximum absolute atomic E-state index is 11.4. The quantitative estimate of drug-likeness (QED) is 0.636. The first-order valence-electron chi connectivity index (χ1n) is 6.23. The Balaban J connectivity index is 2.06. The van der Waals surface area contributed by atoms with Gasteiger partial charge in [-0.05, 0) is 12.8 Å². The molecule has 2 unspecified atom stereocenters. The van der Waals surface area contributed by atoms with Crippen molar-refractivity contribution in [1.82, 2.24) is 5.32 Å². The molecule has 1 N–H and O–H groups in total. The van der Waals surface area contributed by atoms with Crippen molar-refractivity contribution in [1.29, 1.82) is 0 Å². The molecule has 5 heteroatoms. The van der Waals surface area contributed by atoms with Gasteiger partial charge in [0.25, 0.3) is 0 Å². The maximum atomic E-state index is 11.4. The number of carbonyl (C=O) groups is 1. The summed E-state index contributed by atoms with van der Waals surface area (Å²) < 4.78 is 15.5. The fourth-order valence-electron chi connectivity index (χ4n) is 1.98. The number of rotatable bonds is 8. The minimum Gasteiger partial charge on any atom is -0.382 e. The lowest BCUT2D eigenvalue weighted by Crippen LogP contribution is -2.35. The molecule has 1 heterocycles. The summed E-state index contributed by atoms with van der Waals surface area (Å²) in [6.07, 6.45) is 2.33. The largest absolute Gasteiger partial charge is 0.382 e. The third-order valence-corrected chi connectivity index (χ3v) is 2.98. The summed E-state index contributed by atoms with van der Waals surface area (Å²) in [5.41, 5.74) is 0. The third-order valence-electron chi connectivity index (χ3n) is 2.98. The number of hydrogen-bond donors (Lipinski definition) is 1. The molecule has 1 amide bonds. The molecule has 1 fully saturated rings. The van der Waals surface area contributed by atoms with Gasteiger partial charge in [0.2, 0.25) is 5.91 Å². The van der Waals surface area contributed by atoms with Gasteiger partial charge in [0.05, 0.1) is 19.3 Å². The molecule has 1 aliphatic rings. The van der Waals surface area contributed by atoms with Crippen LogP contribution >= 0.6 is 0 Å². The summed E-state index contributed by atoms with van der Waals surface area (Å²) in [5, 5.41) is 2.88. The van der Waals surface area contributed by atoms with Crippen LogP contribution in [0.1, 0.15) is 19.8 Å². The average molecular weight is 245 g/mol. The monoisotopic (exact) mass is 245 g/mol. The standard InChI is InChI=1S/C12H23NO4/c1-3-11-10(4-5-17-11)8-13-12(14)9-16-7-6-15-2/h10-11H,3-9H2,1-2H3,(H,13,14). The molecule has 0 aromatic rings. The molecule has 1 aliphatic heterocycles. The Bertz CT molecular complexity index is 223. The molecule has 5 nitrogen and oxygen atoms in total. The Kier molecular flexibility index (Phi) is 7.16. The van der Waals surface area contributed by atoms with Crippen molar-refractivity contribution in [3.63, 3.8) is 0 Å². The second-order valence-corrected chi connectivity index (χ2v) is 4.22. The van der Waals surface area contributed by atoms with Crippen LogP contribution in [0.15, 0.2) is 0 Å². The molecule has 0 saturated carbocycles. The van der Waals surface area contributed by atoms with Crippen LogP contribution in [0.5, 0.6) is 0 Å². The summed E-state index contributed by atoms with van der Waals surface area (Å²) >= 11 is 0. The number of methoxy groups -OCH3 is 1. The predicted molar refractivity (Wildman–Crippen MR) is 63.8 cm³/mol. The molecule has 0 aromatic heterocycles. The molecule has 100 valence electrons. The fraction of sp³-hybridized carbons (Fsp3) is 0.917. The van der Waals surface area contributed by atoms with Crippen molar-refractivity contribution in [2.24, 2.45) is 5.92 Å². The molecule has 17 heavy (non-hydrogen) atoms. The lowest BCUT2D eigenvalue weighted by atomic mass is 10.00. The van der Waals surface area contributed by atoms with Gasteiger partial charge < -0.3 is 19.5 Å². The number of amides is 1. The fourth-order valence-corrected chi connectivity index (χ4v) is 1.98. The predicted octanol–water partition coefficient (Wildman–Crippen LogP) is 0.581. The summed E-state index contributed by atoms with van der Waals surface area (Å²) in [5.74, 6) is 0.380. The van der Waals surface area contributed by atoms with E-state index in [1.54, 1.807) is 7.11 Å². The van der Waals surface area contributed by atoms with Crippen LogP contribution < -0.4 is 5.32 Å². The van der Waals surface area contributed by atoms with Gasteiger partial charge in [0, 0.05) is 26.2 Å². The van der Waals surface area contributed by atoms with Crippen molar-refractivity contribution in [3.8, 4) is 0 Å². The molecular weight excluding hydrogens is 222 g/mol. The van der Waals surface area contributed by atoms with E-state index in [0.29, 0.717) is 31.8 Å². The first-order chi connectivity index (χ1) is 8.27. The molecule has 0 aromatic carbocycles. The minimum atomic E-state index is -0.0668. The van der Waals surface area contributed by atoms with Crippen LogP contribution in [0.2, 0.25) is 0 Å². The van der Waals surface area contributed by atoms with Gasteiger partial charge in [-0.15, -0.1) is 0 Å². The Morgan fingerprint density at radius 1 is 1.47 bits per heavy atom. The summed E-state index contributed by atoms with van der Waals surface area (Å²) in [7, 11) is 1.61. The summed E-state index contributed by atoms with van der Waals surface area (Å²) in [6, 6.07) is 0. The van der Waals surface area contributed by atoms with Crippen molar-refractivity contribution < 1.29 is 19.0 Å². The van der Waals surface area contributed by atoms with Crippen LogP contribution in [0.3, 0.4) is 0 Å². The maximum Gasteiger partial charge on any atom is 0.246 e. The molecule has 2 atom stereocenters. The second kappa shape index (κ2) is 8.44. The topological polar surface area (TPSA) is 56.8 Å². The Labute approximate surface area is 103 Å². The smallest absolute Gasteiger partial charge is 0.246 e. The lowest BCUT2D eigenvalue weighted by Gasteiger charge is -2.17. The van der Waals surface area contributed by atoms with Gasteiger partial charge in [-0.25, -0.2) is 0 Å². The van der Waals surface area contributed by atoms with E-state index in [1.807, 2.05) is 0 Å². The SMILES string of the molecule is CCC1OCCC1CNC(=O)COCCOC. The second-order valence-electron chi connectivity index (χ2n) is 4.22. The highest BCUT2D eigenvalue weighted by Crippen LogP contribution is 2.22. The highest BCUT2D eigenvalue weighted by atomic mass is 16.5. The van der Waals surface area contributed by atoms with Crippen LogP contribution in [0.4, 0.5) is 0 Å². The van der Waals surface area contributed by atoms with Gasteiger partial charge in [-0.2, -0.15) is 0 Å². The first-order valence-corrected chi connectivity index (χ1v) is 6.23. The van der Waals surface area contributed by atoms with E-state index < -0.39 is 0 Å². The zero-order valence-electron chi connectivity index (χ0n) is 10.7. The molecule has 0 radical (unpaired) electrons. The van der Waals surface area contributed by atoms with Crippen molar-refractivity contribution >= 4 is 5.91 Å². The van der Waals surface area contributed by atoms with Gasteiger partial charge in [-0.3, -0.25) is 4.79 Å². The van der Waals surface area contributed by atoms with Gasteiger partial charge in [-0.1, -0.05) is 6.92 Å². The molecule has 1 rings (SSSR count). The van der Waals surface area contributed by atoms with E-state index in [-0.39, 0.29) is 12.5 Å². The molecule has 1 saturated heterocycles. The Morgan fingerprint density at radius 2 is 2.29 bits per heavy atom. The minimum absolute atomic E-state index is 0.0668. The summed E-state index contributed by atoms with van der Waals surface area (Å²) in [4.78, 5) is 11.4.